The second-order valence-electron chi connectivity index (χ2n) is 4.62. The van der Waals surface area contributed by atoms with Gasteiger partial charge in [0.2, 0.25) is 0 Å². The van der Waals surface area contributed by atoms with Gasteiger partial charge in [0, 0.05) is 16.1 Å². The fourth-order valence-corrected chi connectivity index (χ4v) is 2.22. The van der Waals surface area contributed by atoms with Crippen LogP contribution in [0.1, 0.15) is 45.7 Å². The van der Waals surface area contributed by atoms with E-state index >= 15 is 0 Å². The van der Waals surface area contributed by atoms with Crippen LogP contribution in [0.5, 0.6) is 0 Å². The average Bonchev–Trinajstić information content (AvgIpc) is 2.17. The van der Waals surface area contributed by atoms with Crippen LogP contribution in [0.15, 0.2) is 28.7 Å². The van der Waals surface area contributed by atoms with Crippen molar-refractivity contribution in [3.63, 3.8) is 0 Å². The SMILES string of the molecule is CCC(C)(C)NC(C)c1ccccc1Br. The molecule has 0 radical (unpaired) electrons. The molecule has 1 unspecified atom stereocenters. The first kappa shape index (κ1) is 12.7. The summed E-state index contributed by atoms with van der Waals surface area (Å²) in [5.41, 5.74) is 1.51. The van der Waals surface area contributed by atoms with Gasteiger partial charge in [-0.1, -0.05) is 41.1 Å². The van der Waals surface area contributed by atoms with Crippen LogP contribution < -0.4 is 5.32 Å². The van der Waals surface area contributed by atoms with Crippen LogP contribution in [0.3, 0.4) is 0 Å². The molecule has 1 atom stereocenters. The summed E-state index contributed by atoms with van der Waals surface area (Å²) in [6.45, 7) is 8.89. The van der Waals surface area contributed by atoms with Gasteiger partial charge in [-0.15, -0.1) is 0 Å². The zero-order chi connectivity index (χ0) is 11.5. The summed E-state index contributed by atoms with van der Waals surface area (Å²) in [4.78, 5) is 0. The number of rotatable bonds is 4. The third kappa shape index (κ3) is 3.62. The normalized spacial score (nSPS) is 13.9. The fraction of sp³-hybridized carbons (Fsp3) is 0.538. The lowest BCUT2D eigenvalue weighted by molar-refractivity contribution is 0.337. The maximum absolute atomic E-state index is 3.63. The van der Waals surface area contributed by atoms with Gasteiger partial charge in [0.15, 0.2) is 0 Å². The quantitative estimate of drug-likeness (QED) is 0.860. The first-order chi connectivity index (χ1) is 6.96. The van der Waals surface area contributed by atoms with Crippen molar-refractivity contribution >= 4 is 15.9 Å². The molecule has 1 rings (SSSR count). The molecule has 0 amide bonds. The Morgan fingerprint density at radius 3 is 2.47 bits per heavy atom. The molecule has 1 aromatic carbocycles. The summed E-state index contributed by atoms with van der Waals surface area (Å²) in [7, 11) is 0. The van der Waals surface area contributed by atoms with E-state index in [0.29, 0.717) is 6.04 Å². The van der Waals surface area contributed by atoms with E-state index in [9.17, 15) is 0 Å². The molecule has 0 fully saturated rings. The first-order valence-corrected chi connectivity index (χ1v) is 6.27. The molecule has 1 N–H and O–H groups in total. The lowest BCUT2D eigenvalue weighted by Crippen LogP contribution is -2.40. The smallest absolute Gasteiger partial charge is 0.0307 e. The monoisotopic (exact) mass is 269 g/mol. The van der Waals surface area contributed by atoms with Crippen molar-refractivity contribution in [2.24, 2.45) is 0 Å². The van der Waals surface area contributed by atoms with Gasteiger partial charge in [-0.3, -0.25) is 0 Å². The Hall–Kier alpha value is -0.340. The molecule has 0 spiro atoms. The van der Waals surface area contributed by atoms with Gasteiger partial charge < -0.3 is 5.32 Å². The minimum absolute atomic E-state index is 0.189. The number of hydrogen-bond donors (Lipinski definition) is 1. The lowest BCUT2D eigenvalue weighted by Gasteiger charge is -2.29. The van der Waals surface area contributed by atoms with Crippen molar-refractivity contribution < 1.29 is 0 Å². The Kier molecular flexibility index (Phi) is 4.35. The summed E-state index contributed by atoms with van der Waals surface area (Å²) in [5.74, 6) is 0. The zero-order valence-corrected chi connectivity index (χ0v) is 11.6. The van der Waals surface area contributed by atoms with E-state index in [4.69, 9.17) is 0 Å². The fourth-order valence-electron chi connectivity index (χ4n) is 1.59. The lowest BCUT2D eigenvalue weighted by atomic mass is 9.98. The van der Waals surface area contributed by atoms with Gasteiger partial charge >= 0.3 is 0 Å². The van der Waals surface area contributed by atoms with Crippen LogP contribution in [0.2, 0.25) is 0 Å². The van der Waals surface area contributed by atoms with Gasteiger partial charge in [0.05, 0.1) is 0 Å². The highest BCUT2D eigenvalue weighted by atomic mass is 79.9. The predicted molar refractivity (Wildman–Crippen MR) is 70.1 cm³/mol. The van der Waals surface area contributed by atoms with Crippen molar-refractivity contribution in [3.05, 3.63) is 34.3 Å². The molecule has 0 heterocycles. The van der Waals surface area contributed by atoms with Crippen LogP contribution in [-0.2, 0) is 0 Å². The summed E-state index contributed by atoms with van der Waals surface area (Å²) in [6, 6.07) is 8.75. The molecule has 0 aliphatic carbocycles. The van der Waals surface area contributed by atoms with E-state index in [2.05, 4.69) is 67.1 Å². The molecule has 0 saturated heterocycles. The van der Waals surface area contributed by atoms with Crippen LogP contribution in [0, 0.1) is 0 Å². The Morgan fingerprint density at radius 2 is 1.93 bits per heavy atom. The number of benzene rings is 1. The molecule has 0 aromatic heterocycles. The molecule has 15 heavy (non-hydrogen) atoms. The molecular formula is C13H20BrN. The van der Waals surface area contributed by atoms with Crippen LogP contribution >= 0.6 is 15.9 Å². The number of nitrogens with one attached hydrogen (secondary N) is 1. The van der Waals surface area contributed by atoms with Crippen molar-refractivity contribution in [2.45, 2.75) is 45.7 Å². The van der Waals surface area contributed by atoms with Crippen LogP contribution in [0.25, 0.3) is 0 Å². The van der Waals surface area contributed by atoms with Gasteiger partial charge in [-0.25, -0.2) is 0 Å². The standard InChI is InChI=1S/C13H20BrN/c1-5-13(3,4)15-10(2)11-8-6-7-9-12(11)14/h6-10,15H,5H2,1-4H3. The van der Waals surface area contributed by atoms with E-state index < -0.39 is 0 Å². The Morgan fingerprint density at radius 1 is 1.33 bits per heavy atom. The van der Waals surface area contributed by atoms with E-state index in [0.717, 1.165) is 6.42 Å². The molecule has 0 bridgehead atoms. The molecular weight excluding hydrogens is 250 g/mol. The van der Waals surface area contributed by atoms with E-state index in [1.807, 2.05) is 6.07 Å². The van der Waals surface area contributed by atoms with Crippen LogP contribution in [0.4, 0.5) is 0 Å². The topological polar surface area (TPSA) is 12.0 Å². The summed E-state index contributed by atoms with van der Waals surface area (Å²) >= 11 is 3.59. The third-order valence-corrected chi connectivity index (χ3v) is 3.59. The highest BCUT2D eigenvalue weighted by molar-refractivity contribution is 9.10. The van der Waals surface area contributed by atoms with Gasteiger partial charge in [-0.2, -0.15) is 0 Å². The first-order valence-electron chi connectivity index (χ1n) is 5.48. The van der Waals surface area contributed by atoms with Gasteiger partial charge in [0.25, 0.3) is 0 Å². The van der Waals surface area contributed by atoms with E-state index in [1.54, 1.807) is 0 Å². The minimum Gasteiger partial charge on any atom is -0.305 e. The summed E-state index contributed by atoms with van der Waals surface area (Å²) < 4.78 is 1.18. The average molecular weight is 270 g/mol. The maximum Gasteiger partial charge on any atom is 0.0307 e. The van der Waals surface area contributed by atoms with Gasteiger partial charge in [-0.05, 0) is 38.8 Å². The molecule has 84 valence electrons. The second-order valence-corrected chi connectivity index (χ2v) is 5.48. The van der Waals surface area contributed by atoms with Gasteiger partial charge in [0.1, 0.15) is 0 Å². The van der Waals surface area contributed by atoms with Crippen LogP contribution in [-0.4, -0.2) is 5.54 Å². The Balaban J connectivity index is 2.78. The largest absolute Gasteiger partial charge is 0.305 e. The van der Waals surface area contributed by atoms with E-state index in [-0.39, 0.29) is 5.54 Å². The summed E-state index contributed by atoms with van der Waals surface area (Å²) in [6.07, 6.45) is 1.13. The van der Waals surface area contributed by atoms with E-state index in [1.165, 1.54) is 10.0 Å². The maximum atomic E-state index is 3.63. The molecule has 1 nitrogen and oxygen atoms in total. The molecule has 1 aromatic rings. The van der Waals surface area contributed by atoms with Crippen molar-refractivity contribution in [2.75, 3.05) is 0 Å². The molecule has 0 aliphatic heterocycles. The third-order valence-electron chi connectivity index (χ3n) is 2.86. The molecule has 0 saturated carbocycles. The Bertz CT molecular complexity index is 320. The predicted octanol–water partition coefficient (Wildman–Crippen LogP) is 4.29. The van der Waals surface area contributed by atoms with Crippen molar-refractivity contribution in [3.8, 4) is 0 Å². The zero-order valence-electron chi connectivity index (χ0n) is 9.97. The number of halogens is 1. The highest BCUT2D eigenvalue weighted by Gasteiger charge is 2.19. The van der Waals surface area contributed by atoms with Crippen molar-refractivity contribution in [1.29, 1.82) is 0 Å². The minimum atomic E-state index is 0.189. The second kappa shape index (κ2) is 5.13. The molecule has 2 heteroatoms. The summed E-state index contributed by atoms with van der Waals surface area (Å²) in [5, 5.41) is 3.63. The number of hydrogen-bond acceptors (Lipinski definition) is 1. The Labute approximate surface area is 101 Å². The van der Waals surface area contributed by atoms with Crippen molar-refractivity contribution in [1.82, 2.24) is 5.32 Å². The highest BCUT2D eigenvalue weighted by Crippen LogP contribution is 2.25. The molecule has 0 aliphatic rings.